The Labute approximate surface area is 443 Å². The minimum atomic E-state index is -1.92. The van der Waals surface area contributed by atoms with Gasteiger partial charge in [0, 0.05) is 52.9 Å². The lowest BCUT2D eigenvalue weighted by atomic mass is 9.81. The van der Waals surface area contributed by atoms with E-state index < -0.39 is 110 Å². The maximum Gasteiger partial charge on any atom is 0.343 e. The molecule has 2 aromatic carbocycles. The number of imide groups is 1. The van der Waals surface area contributed by atoms with Crippen LogP contribution in [0.2, 0.25) is 0 Å². The van der Waals surface area contributed by atoms with Crippen molar-refractivity contribution in [2.24, 2.45) is 0 Å². The lowest BCUT2D eigenvalue weighted by Gasteiger charge is -2.32. The molecule has 0 fully saturated rings. The van der Waals surface area contributed by atoms with Crippen LogP contribution >= 0.6 is 12.2 Å². The fourth-order valence-corrected chi connectivity index (χ4v) is 10.1. The van der Waals surface area contributed by atoms with Crippen molar-refractivity contribution >= 4 is 82.2 Å². The Morgan fingerprint density at radius 1 is 0.883 bits per heavy atom. The smallest absolute Gasteiger partial charge is 0.343 e. The molecule has 0 spiro atoms. The standard InChI is InChI=1S/C53H51FN10O12S/c1-3-53(74)33-17-38-49-31(23-63(38)51(77)32(33)24-76-52(53)73)48-35(11-10-30-27(2)34(54)18-36(62-49)47(30)48)60-44(69)25-75-26-59-42(67)21-58-50(72)37(15-28-7-5-4-6-8-28)61-43(68)22-57-41(66)20-56-40(65)16-29-9-12-39(55-19-29)64-45(70)13-14-46(64)71/h4-9,12-14,17-19,35,37,74H,3,10-11,15-16,20-26H2,1-2H3,(H,56,65)(H,57,66)(H,58,72)(H,59,67)(H,60,69)(H,61,68)/t35?,37-,53-/m0/s1. The van der Waals surface area contributed by atoms with Crippen molar-refractivity contribution in [1.82, 2.24) is 46.4 Å². The third kappa shape index (κ3) is 11.1. The zero-order valence-electron chi connectivity index (χ0n) is 41.6. The summed E-state index contributed by atoms with van der Waals surface area (Å²) >= 11 is 5.91. The molecule has 22 nitrogen and oxygen atoms in total. The summed E-state index contributed by atoms with van der Waals surface area (Å²) in [6, 6.07) is 13.0. The number of aliphatic hydroxyl groups is 1. The van der Waals surface area contributed by atoms with Crippen LogP contribution < -0.4 is 36.8 Å². The van der Waals surface area contributed by atoms with E-state index in [1.54, 1.807) is 50.2 Å². The number of hydrogen-bond acceptors (Lipinski definition) is 15. The van der Waals surface area contributed by atoms with Crippen LogP contribution in [0.5, 0.6) is 0 Å². The second-order valence-corrected chi connectivity index (χ2v) is 19.1. The van der Waals surface area contributed by atoms with E-state index in [1.165, 1.54) is 24.4 Å². The highest BCUT2D eigenvalue weighted by Gasteiger charge is 2.45. The molecule has 0 saturated heterocycles. The summed E-state index contributed by atoms with van der Waals surface area (Å²) in [7, 11) is 0. The van der Waals surface area contributed by atoms with Crippen molar-refractivity contribution in [3.05, 3.63) is 128 Å². The van der Waals surface area contributed by atoms with Gasteiger partial charge < -0.3 is 51.0 Å². The molecule has 9 rings (SSSR count). The first-order valence-electron chi connectivity index (χ1n) is 24.5. The van der Waals surface area contributed by atoms with Gasteiger partial charge in [0.2, 0.25) is 35.4 Å². The number of anilines is 1. The molecule has 4 aliphatic rings. The fourth-order valence-electron chi connectivity index (χ4n) is 9.82. The number of aryl methyl sites for hydroxylation is 1. The number of halogens is 1. The highest BCUT2D eigenvalue weighted by molar-refractivity contribution is 7.71. The molecule has 5 aromatic rings. The summed E-state index contributed by atoms with van der Waals surface area (Å²) in [5, 5.41) is 27.5. The Balaban J connectivity index is 0.753. The highest BCUT2D eigenvalue weighted by Crippen LogP contribution is 2.47. The van der Waals surface area contributed by atoms with E-state index in [9.17, 15) is 48.3 Å². The summed E-state index contributed by atoms with van der Waals surface area (Å²) in [6.45, 7) is 1.08. The monoisotopic (exact) mass is 1070 g/mol. The molecular formula is C53H51FN10O12S. The van der Waals surface area contributed by atoms with Gasteiger partial charge in [-0.1, -0.05) is 55.5 Å². The molecule has 24 heteroatoms. The average molecular weight is 1070 g/mol. The van der Waals surface area contributed by atoms with Crippen molar-refractivity contribution in [2.75, 3.05) is 37.9 Å². The van der Waals surface area contributed by atoms with Gasteiger partial charge in [-0.15, -0.1) is 0 Å². The lowest BCUT2D eigenvalue weighted by Crippen LogP contribution is -2.52. The molecule has 7 N–H and O–H groups in total. The predicted molar refractivity (Wildman–Crippen MR) is 273 cm³/mol. The Hall–Kier alpha value is -8.61. The maximum absolute atomic E-state index is 15.4. The van der Waals surface area contributed by atoms with Gasteiger partial charge in [0.15, 0.2) is 5.60 Å². The van der Waals surface area contributed by atoms with Gasteiger partial charge in [-0.25, -0.2) is 24.1 Å². The number of aromatic nitrogens is 3. The van der Waals surface area contributed by atoms with Crippen molar-refractivity contribution in [3.63, 3.8) is 0 Å². The number of ether oxygens (including phenoxy) is 2. The van der Waals surface area contributed by atoms with E-state index in [-0.39, 0.29) is 38.2 Å². The SMILES string of the molecule is CC[C@@]1(O)C(=O)OCc2c1cc1n(c2=S)Cc2c-1nc1cc(F)c(C)c3c1c2C(NC(=O)COCNC(=O)CNC(=O)[C@H](Cc1ccccc1)NC(=O)CNC(=O)CNC(=O)Cc1ccc(N2C(=O)C=CC2=O)nc1)CC3. The van der Waals surface area contributed by atoms with Crippen molar-refractivity contribution in [1.29, 1.82) is 0 Å². The number of carbonyl (C=O) groups is 9. The van der Waals surface area contributed by atoms with Crippen molar-refractivity contribution < 1.29 is 62.1 Å². The highest BCUT2D eigenvalue weighted by atomic mass is 32.1. The van der Waals surface area contributed by atoms with Crippen LogP contribution in [0.1, 0.15) is 70.3 Å². The Morgan fingerprint density at radius 3 is 2.32 bits per heavy atom. The number of cyclic esters (lactones) is 1. The zero-order chi connectivity index (χ0) is 54.7. The minimum absolute atomic E-state index is 0.0278. The first kappa shape index (κ1) is 53.2. The third-order valence-electron chi connectivity index (χ3n) is 13.8. The molecule has 3 aliphatic heterocycles. The number of nitrogens with one attached hydrogen (secondary N) is 6. The van der Waals surface area contributed by atoms with E-state index in [0.717, 1.165) is 33.7 Å². The molecule has 77 heavy (non-hydrogen) atoms. The molecule has 398 valence electrons. The van der Waals surface area contributed by atoms with Crippen LogP contribution in [0.4, 0.5) is 10.2 Å². The molecule has 1 aliphatic carbocycles. The van der Waals surface area contributed by atoms with Gasteiger partial charge >= 0.3 is 5.97 Å². The zero-order valence-corrected chi connectivity index (χ0v) is 42.4. The summed E-state index contributed by atoms with van der Waals surface area (Å²) < 4.78 is 28.5. The van der Waals surface area contributed by atoms with E-state index in [0.29, 0.717) is 67.6 Å². The number of esters is 1. The van der Waals surface area contributed by atoms with Gasteiger partial charge in [0.1, 0.15) is 42.3 Å². The topological polar surface area (TPSA) is 298 Å². The Morgan fingerprint density at radius 2 is 1.60 bits per heavy atom. The third-order valence-corrected chi connectivity index (χ3v) is 14.2. The Bertz CT molecular complexity index is 3390. The van der Waals surface area contributed by atoms with Crippen molar-refractivity contribution in [2.45, 2.75) is 76.8 Å². The molecule has 6 heterocycles. The fraction of sp³-hybridized carbons (Fsp3) is 0.321. The average Bonchev–Trinajstić information content (AvgIpc) is 4.09. The van der Waals surface area contributed by atoms with Crippen LogP contribution in [0.15, 0.2) is 72.9 Å². The number of hydrogen-bond donors (Lipinski definition) is 7. The van der Waals surface area contributed by atoms with E-state index >= 15 is 4.39 Å². The number of carbonyl (C=O) groups excluding carboxylic acids is 9. The molecule has 0 saturated carbocycles. The first-order chi connectivity index (χ1) is 36.9. The number of rotatable bonds is 19. The first-order valence-corrected chi connectivity index (χ1v) is 25.0. The number of pyridine rings is 3. The number of nitrogens with zero attached hydrogens (tertiary/aromatic N) is 4. The molecule has 8 amide bonds. The largest absolute Gasteiger partial charge is 0.458 e. The van der Waals surface area contributed by atoms with Gasteiger partial charge in [-0.3, -0.25) is 38.4 Å². The number of fused-ring (bicyclic) bond motifs is 5. The van der Waals surface area contributed by atoms with Crippen LogP contribution in [0, 0.1) is 17.4 Å². The second-order valence-electron chi connectivity index (χ2n) is 18.7. The Kier molecular flexibility index (Phi) is 15.4. The van der Waals surface area contributed by atoms with Crippen LogP contribution in [-0.4, -0.2) is 112 Å². The lowest BCUT2D eigenvalue weighted by molar-refractivity contribution is -0.172. The molecule has 3 atom stereocenters. The van der Waals surface area contributed by atoms with E-state index in [1.807, 2.05) is 4.57 Å². The van der Waals surface area contributed by atoms with Gasteiger partial charge in [0.05, 0.1) is 55.5 Å². The molecule has 3 aromatic heterocycles. The van der Waals surface area contributed by atoms with E-state index in [4.69, 9.17) is 26.7 Å². The summed E-state index contributed by atoms with van der Waals surface area (Å²) in [6.07, 6.45) is 4.30. The second kappa shape index (κ2) is 22.3. The summed E-state index contributed by atoms with van der Waals surface area (Å²) in [4.78, 5) is 124. The number of amides is 8. The van der Waals surface area contributed by atoms with Crippen molar-refractivity contribution in [3.8, 4) is 11.4 Å². The minimum Gasteiger partial charge on any atom is -0.458 e. The normalized spacial score (nSPS) is 17.2. The van der Waals surface area contributed by atoms with Crippen LogP contribution in [-0.2, 0) is 90.6 Å². The van der Waals surface area contributed by atoms with Gasteiger partial charge in [0.25, 0.3) is 11.8 Å². The summed E-state index contributed by atoms with van der Waals surface area (Å²) in [5.41, 5.74) is 4.15. The predicted octanol–water partition coefficient (Wildman–Crippen LogP) is 1.23. The molecule has 0 bridgehead atoms. The van der Waals surface area contributed by atoms with Crippen LogP contribution in [0.25, 0.3) is 22.3 Å². The van der Waals surface area contributed by atoms with Crippen LogP contribution in [0.3, 0.4) is 0 Å². The molecular weight excluding hydrogens is 1020 g/mol. The number of benzene rings is 2. The quantitative estimate of drug-likeness (QED) is 0.0197. The summed E-state index contributed by atoms with van der Waals surface area (Å²) in [5.74, 6) is -6.08. The molecule has 0 radical (unpaired) electrons. The van der Waals surface area contributed by atoms with Gasteiger partial charge in [-0.05, 0) is 66.1 Å². The molecule has 1 unspecified atom stereocenters. The maximum atomic E-state index is 15.4. The van der Waals surface area contributed by atoms with Gasteiger partial charge in [-0.2, -0.15) is 0 Å². The van der Waals surface area contributed by atoms with E-state index in [2.05, 4.69) is 36.9 Å².